The number of benzene rings is 1. The summed E-state index contributed by atoms with van der Waals surface area (Å²) in [7, 11) is 0. The van der Waals surface area contributed by atoms with Crippen LogP contribution in [-0.2, 0) is 11.2 Å². The van der Waals surface area contributed by atoms with E-state index >= 15 is 0 Å². The van der Waals surface area contributed by atoms with Gasteiger partial charge in [0.15, 0.2) is 0 Å². The maximum absolute atomic E-state index is 12.2. The minimum atomic E-state index is -0.502. The number of rotatable bonds is 5. The first-order valence-corrected chi connectivity index (χ1v) is 7.49. The summed E-state index contributed by atoms with van der Waals surface area (Å²) in [6, 6.07) is 6.72. The van der Waals surface area contributed by atoms with E-state index in [9.17, 15) is 14.9 Å². The monoisotopic (exact) mass is 306 g/mol. The average molecular weight is 306 g/mol. The molecule has 6 heteroatoms. The molecule has 1 aliphatic carbocycles. The zero-order valence-electron chi connectivity index (χ0n) is 13.2. The van der Waals surface area contributed by atoms with E-state index in [0.717, 1.165) is 18.4 Å². The van der Waals surface area contributed by atoms with E-state index < -0.39 is 10.5 Å². The van der Waals surface area contributed by atoms with Gasteiger partial charge in [-0.3, -0.25) is 10.1 Å². The summed E-state index contributed by atoms with van der Waals surface area (Å²) in [6.45, 7) is 6.13. The van der Waals surface area contributed by atoms with Crippen molar-refractivity contribution in [2.24, 2.45) is 0 Å². The second-order valence-corrected chi connectivity index (χ2v) is 6.58. The Morgan fingerprint density at radius 1 is 1.32 bits per heavy atom. The third-order valence-corrected chi connectivity index (χ3v) is 3.40. The summed E-state index contributed by atoms with van der Waals surface area (Å²) in [5.74, 6) is 0. The molecule has 1 amide bonds. The Hall–Kier alpha value is -2.11. The summed E-state index contributed by atoms with van der Waals surface area (Å²) < 4.78 is 5.44. The molecule has 0 radical (unpaired) electrons. The van der Waals surface area contributed by atoms with Crippen LogP contribution in [0.3, 0.4) is 0 Å². The molecule has 0 unspecified atom stereocenters. The van der Waals surface area contributed by atoms with Crippen LogP contribution in [0.4, 0.5) is 10.5 Å². The fraction of sp³-hybridized carbons (Fsp3) is 0.562. The fourth-order valence-electron chi connectivity index (χ4n) is 2.16. The van der Waals surface area contributed by atoms with Gasteiger partial charge in [0.05, 0.1) is 4.92 Å². The molecule has 1 saturated carbocycles. The van der Waals surface area contributed by atoms with Crippen LogP contribution in [0.5, 0.6) is 0 Å². The number of amides is 1. The average Bonchev–Trinajstić information content (AvgIpc) is 3.22. The van der Waals surface area contributed by atoms with Crippen molar-refractivity contribution in [3.8, 4) is 0 Å². The molecule has 1 aromatic carbocycles. The Kier molecular flexibility index (Phi) is 4.68. The van der Waals surface area contributed by atoms with E-state index in [-0.39, 0.29) is 17.8 Å². The van der Waals surface area contributed by atoms with Crippen molar-refractivity contribution in [3.63, 3.8) is 0 Å². The molecular weight excluding hydrogens is 284 g/mol. The number of nitro groups is 1. The molecule has 1 aliphatic rings. The summed E-state index contributed by atoms with van der Waals surface area (Å²) >= 11 is 0. The van der Waals surface area contributed by atoms with Gasteiger partial charge in [0.2, 0.25) is 0 Å². The molecule has 2 rings (SSSR count). The molecule has 0 aliphatic heterocycles. The lowest BCUT2D eigenvalue weighted by atomic mass is 10.1. The van der Waals surface area contributed by atoms with Gasteiger partial charge in [0.1, 0.15) is 5.60 Å². The lowest BCUT2D eigenvalue weighted by molar-refractivity contribution is -0.384. The van der Waals surface area contributed by atoms with Gasteiger partial charge in [-0.2, -0.15) is 0 Å². The Morgan fingerprint density at radius 2 is 1.91 bits per heavy atom. The van der Waals surface area contributed by atoms with Crippen molar-refractivity contribution in [3.05, 3.63) is 39.9 Å². The van der Waals surface area contributed by atoms with Crippen LogP contribution in [0.1, 0.15) is 39.2 Å². The van der Waals surface area contributed by atoms with Crippen LogP contribution in [0, 0.1) is 10.1 Å². The predicted molar refractivity (Wildman–Crippen MR) is 82.8 cm³/mol. The number of non-ortho nitro benzene ring substituents is 1. The highest BCUT2D eigenvalue weighted by Crippen LogP contribution is 2.28. The van der Waals surface area contributed by atoms with Crippen LogP contribution in [-0.4, -0.2) is 34.1 Å². The van der Waals surface area contributed by atoms with Gasteiger partial charge >= 0.3 is 6.09 Å². The standard InChI is InChI=1S/C16H22N2O4/c1-16(2,3)22-15(19)17(13-8-9-13)11-10-12-4-6-14(7-5-12)18(20)21/h4-7,13H,8-11H2,1-3H3. The zero-order valence-corrected chi connectivity index (χ0v) is 13.2. The van der Waals surface area contributed by atoms with Crippen molar-refractivity contribution < 1.29 is 14.5 Å². The molecule has 120 valence electrons. The molecule has 0 N–H and O–H groups in total. The first kappa shape index (κ1) is 16.3. The molecule has 0 spiro atoms. The van der Waals surface area contributed by atoms with E-state index in [1.54, 1.807) is 17.0 Å². The first-order valence-electron chi connectivity index (χ1n) is 7.49. The second-order valence-electron chi connectivity index (χ2n) is 6.58. The third-order valence-electron chi connectivity index (χ3n) is 3.40. The highest BCUT2D eigenvalue weighted by molar-refractivity contribution is 5.69. The number of carbonyl (C=O) groups excluding carboxylic acids is 1. The second kappa shape index (κ2) is 6.34. The van der Waals surface area contributed by atoms with Gasteiger partial charge in [-0.15, -0.1) is 0 Å². The lowest BCUT2D eigenvalue weighted by Gasteiger charge is -2.27. The fourth-order valence-corrected chi connectivity index (χ4v) is 2.16. The number of nitro benzene ring substituents is 1. The molecule has 0 atom stereocenters. The van der Waals surface area contributed by atoms with E-state index in [4.69, 9.17) is 4.74 Å². The molecule has 0 heterocycles. The van der Waals surface area contributed by atoms with Gasteiger partial charge in [0, 0.05) is 24.7 Å². The highest BCUT2D eigenvalue weighted by atomic mass is 16.6. The SMILES string of the molecule is CC(C)(C)OC(=O)N(CCc1ccc([N+](=O)[O-])cc1)C1CC1. The van der Waals surface area contributed by atoms with Crippen molar-refractivity contribution >= 4 is 11.8 Å². The first-order chi connectivity index (χ1) is 10.3. The van der Waals surface area contributed by atoms with Crippen LogP contribution in [0.2, 0.25) is 0 Å². The van der Waals surface area contributed by atoms with E-state index in [1.165, 1.54) is 12.1 Å². The molecule has 0 bridgehead atoms. The molecule has 1 aromatic rings. The summed E-state index contributed by atoms with van der Waals surface area (Å²) in [5, 5.41) is 10.6. The number of hydrogen-bond acceptors (Lipinski definition) is 4. The van der Waals surface area contributed by atoms with E-state index in [2.05, 4.69) is 0 Å². The van der Waals surface area contributed by atoms with Crippen LogP contribution < -0.4 is 0 Å². The summed E-state index contributed by atoms with van der Waals surface area (Å²) in [6.07, 6.45) is 2.41. The summed E-state index contributed by atoms with van der Waals surface area (Å²) in [5.41, 5.74) is 0.548. The van der Waals surface area contributed by atoms with Crippen molar-refractivity contribution in [1.82, 2.24) is 4.90 Å². The van der Waals surface area contributed by atoms with Crippen molar-refractivity contribution in [2.45, 2.75) is 51.7 Å². The molecule has 22 heavy (non-hydrogen) atoms. The zero-order chi connectivity index (χ0) is 16.3. The van der Waals surface area contributed by atoms with Crippen molar-refractivity contribution in [2.75, 3.05) is 6.54 Å². The lowest BCUT2D eigenvalue weighted by Crippen LogP contribution is -2.39. The molecule has 6 nitrogen and oxygen atoms in total. The van der Waals surface area contributed by atoms with E-state index in [1.807, 2.05) is 20.8 Å². The molecule has 1 fully saturated rings. The smallest absolute Gasteiger partial charge is 0.410 e. The summed E-state index contributed by atoms with van der Waals surface area (Å²) in [4.78, 5) is 24.2. The number of nitrogens with zero attached hydrogens (tertiary/aromatic N) is 2. The predicted octanol–water partition coefficient (Wildman–Crippen LogP) is 3.54. The normalized spacial score (nSPS) is 14.5. The Labute approximate surface area is 130 Å². The number of carbonyl (C=O) groups is 1. The number of hydrogen-bond donors (Lipinski definition) is 0. The van der Waals surface area contributed by atoms with Crippen LogP contribution in [0.15, 0.2) is 24.3 Å². The molecule has 0 aromatic heterocycles. The van der Waals surface area contributed by atoms with Gasteiger partial charge < -0.3 is 9.64 Å². The highest BCUT2D eigenvalue weighted by Gasteiger charge is 2.34. The largest absolute Gasteiger partial charge is 0.444 e. The Bertz CT molecular complexity index is 544. The maximum Gasteiger partial charge on any atom is 0.410 e. The molecular formula is C16H22N2O4. The van der Waals surface area contributed by atoms with Gasteiger partial charge in [-0.25, -0.2) is 4.79 Å². The topological polar surface area (TPSA) is 72.7 Å². The Balaban J connectivity index is 1.94. The quantitative estimate of drug-likeness (QED) is 0.616. The minimum absolute atomic E-state index is 0.0786. The van der Waals surface area contributed by atoms with Gasteiger partial charge in [0.25, 0.3) is 5.69 Å². The van der Waals surface area contributed by atoms with Crippen LogP contribution in [0.25, 0.3) is 0 Å². The maximum atomic E-state index is 12.2. The van der Waals surface area contributed by atoms with E-state index in [0.29, 0.717) is 13.0 Å². The third kappa shape index (κ3) is 4.72. The van der Waals surface area contributed by atoms with Crippen LogP contribution >= 0.6 is 0 Å². The minimum Gasteiger partial charge on any atom is -0.444 e. The van der Waals surface area contributed by atoms with Gasteiger partial charge in [-0.05, 0) is 45.6 Å². The van der Waals surface area contributed by atoms with Crippen molar-refractivity contribution in [1.29, 1.82) is 0 Å². The molecule has 0 saturated heterocycles. The number of ether oxygens (including phenoxy) is 1. The van der Waals surface area contributed by atoms with Gasteiger partial charge in [-0.1, -0.05) is 12.1 Å². The Morgan fingerprint density at radius 3 is 2.36 bits per heavy atom.